The molecule has 3 aromatic carbocycles. The summed E-state index contributed by atoms with van der Waals surface area (Å²) >= 11 is 3.77. The van der Waals surface area contributed by atoms with Crippen molar-refractivity contribution in [3.63, 3.8) is 0 Å². The molecule has 194 valence electrons. The molecule has 0 aromatic heterocycles. The third-order valence-corrected chi connectivity index (χ3v) is 7.91. The lowest BCUT2D eigenvalue weighted by atomic mass is 9.92. The van der Waals surface area contributed by atoms with Gasteiger partial charge < -0.3 is 23.8 Å². The van der Waals surface area contributed by atoms with Crippen LogP contribution in [-0.2, 0) is 16.1 Å². The summed E-state index contributed by atoms with van der Waals surface area (Å²) in [5.41, 5.74) is 5.83. The van der Waals surface area contributed by atoms with Gasteiger partial charge in [-0.2, -0.15) is 0 Å². The molecule has 0 bridgehead atoms. The van der Waals surface area contributed by atoms with Gasteiger partial charge in [0.1, 0.15) is 24.7 Å². The predicted octanol–water partition coefficient (Wildman–Crippen LogP) is 7.04. The zero-order valence-corrected chi connectivity index (χ0v) is 23.1. The Hall–Kier alpha value is -2.80. The molecule has 5 nitrogen and oxygen atoms in total. The van der Waals surface area contributed by atoms with E-state index in [2.05, 4.69) is 63.3 Å². The first-order valence-corrected chi connectivity index (χ1v) is 13.7. The zero-order chi connectivity index (χ0) is 25.6. The number of hydrogen-bond acceptors (Lipinski definition) is 5. The molecule has 37 heavy (non-hydrogen) atoms. The number of ether oxygens (including phenoxy) is 4. The highest BCUT2D eigenvalue weighted by molar-refractivity contribution is 9.11. The largest absolute Gasteiger partial charge is 0.489 e. The van der Waals surface area contributed by atoms with Gasteiger partial charge in [0.2, 0.25) is 0 Å². The van der Waals surface area contributed by atoms with Crippen LogP contribution in [0.4, 0.5) is 5.69 Å². The van der Waals surface area contributed by atoms with Crippen LogP contribution in [0.15, 0.2) is 77.3 Å². The molecule has 6 heteroatoms. The number of halogens is 1. The number of nitrogens with zero attached hydrogens (tertiary/aromatic N) is 1. The average Bonchev–Trinajstić information content (AvgIpc) is 2.96. The van der Waals surface area contributed by atoms with Gasteiger partial charge >= 0.3 is 0 Å². The van der Waals surface area contributed by atoms with Gasteiger partial charge in [-0.15, -0.1) is 0 Å². The third kappa shape index (κ3) is 6.20. The minimum atomic E-state index is -0.101. The Labute approximate surface area is 228 Å². The number of rotatable bonds is 9. The van der Waals surface area contributed by atoms with Crippen molar-refractivity contribution in [2.45, 2.75) is 32.2 Å². The molecular weight excluding hydrogens is 530 g/mol. The van der Waals surface area contributed by atoms with E-state index in [1.165, 1.54) is 16.8 Å². The van der Waals surface area contributed by atoms with E-state index in [1.54, 1.807) is 14.2 Å². The molecule has 0 unspecified atom stereocenters. The molecule has 0 N–H and O–H groups in total. The number of piperidine rings is 1. The maximum absolute atomic E-state index is 6.04. The standard InChI is InChI=1S/C31H34BrNO4/c1-34-30(35-2)18-22-14-16-33(17-15-22)25-10-8-24(9-11-25)31-27-13-12-26(19-29(27)37-21-28(31)32)36-20-23-6-4-3-5-7-23/h3-13,19,22,30H,14-18,20-21H2,1-2H3. The smallest absolute Gasteiger partial charge is 0.157 e. The summed E-state index contributed by atoms with van der Waals surface area (Å²) in [5, 5.41) is 0. The minimum Gasteiger partial charge on any atom is -0.489 e. The quantitative estimate of drug-likeness (QED) is 0.261. The molecule has 0 atom stereocenters. The Bertz CT molecular complexity index is 1200. The molecule has 1 fully saturated rings. The normalized spacial score (nSPS) is 16.1. The number of fused-ring (bicyclic) bond motifs is 1. The first kappa shape index (κ1) is 25.8. The Balaban J connectivity index is 1.25. The molecule has 0 radical (unpaired) electrons. The average molecular weight is 565 g/mol. The van der Waals surface area contributed by atoms with Crippen LogP contribution in [0.1, 0.15) is 36.0 Å². The van der Waals surface area contributed by atoms with E-state index in [4.69, 9.17) is 18.9 Å². The summed E-state index contributed by atoms with van der Waals surface area (Å²) in [7, 11) is 3.43. The van der Waals surface area contributed by atoms with Crippen LogP contribution in [0, 0.1) is 5.92 Å². The Morgan fingerprint density at radius 3 is 2.38 bits per heavy atom. The first-order chi connectivity index (χ1) is 18.1. The van der Waals surface area contributed by atoms with Gasteiger partial charge in [0.25, 0.3) is 0 Å². The van der Waals surface area contributed by atoms with Crippen LogP contribution in [0.2, 0.25) is 0 Å². The molecule has 2 heterocycles. The van der Waals surface area contributed by atoms with Crippen LogP contribution < -0.4 is 14.4 Å². The topological polar surface area (TPSA) is 40.2 Å². The molecule has 0 amide bonds. The highest BCUT2D eigenvalue weighted by Crippen LogP contribution is 2.41. The lowest BCUT2D eigenvalue weighted by Crippen LogP contribution is -2.35. The van der Waals surface area contributed by atoms with Crippen molar-refractivity contribution in [2.24, 2.45) is 5.92 Å². The Kier molecular flexibility index (Phi) is 8.49. The van der Waals surface area contributed by atoms with Gasteiger partial charge in [-0.3, -0.25) is 0 Å². The monoisotopic (exact) mass is 563 g/mol. The summed E-state index contributed by atoms with van der Waals surface area (Å²) in [6, 6.07) is 25.2. The van der Waals surface area contributed by atoms with Crippen molar-refractivity contribution in [3.8, 4) is 11.5 Å². The van der Waals surface area contributed by atoms with Crippen LogP contribution in [0.3, 0.4) is 0 Å². The lowest BCUT2D eigenvalue weighted by Gasteiger charge is -2.34. The van der Waals surface area contributed by atoms with Gasteiger partial charge in [0, 0.05) is 61.1 Å². The van der Waals surface area contributed by atoms with Crippen LogP contribution in [0.25, 0.3) is 5.57 Å². The van der Waals surface area contributed by atoms with Crippen molar-refractivity contribution in [1.82, 2.24) is 0 Å². The molecule has 0 spiro atoms. The van der Waals surface area contributed by atoms with Crippen molar-refractivity contribution in [3.05, 3.63) is 94.0 Å². The van der Waals surface area contributed by atoms with Crippen molar-refractivity contribution >= 4 is 27.2 Å². The fraction of sp³-hybridized carbons (Fsp3) is 0.355. The van der Waals surface area contributed by atoms with Gasteiger partial charge in [-0.1, -0.05) is 58.4 Å². The van der Waals surface area contributed by atoms with Gasteiger partial charge in [0.15, 0.2) is 6.29 Å². The van der Waals surface area contributed by atoms with Gasteiger partial charge in [-0.25, -0.2) is 0 Å². The van der Waals surface area contributed by atoms with Crippen LogP contribution in [0.5, 0.6) is 11.5 Å². The maximum atomic E-state index is 6.04. The second-order valence-electron chi connectivity index (χ2n) is 9.61. The molecule has 2 aliphatic heterocycles. The summed E-state index contributed by atoms with van der Waals surface area (Å²) in [4.78, 5) is 2.48. The van der Waals surface area contributed by atoms with Gasteiger partial charge in [-0.05, 0) is 54.2 Å². The highest BCUT2D eigenvalue weighted by Gasteiger charge is 2.24. The van der Waals surface area contributed by atoms with E-state index in [1.807, 2.05) is 30.3 Å². The Morgan fingerprint density at radius 2 is 1.68 bits per heavy atom. The molecule has 0 aliphatic carbocycles. The summed E-state index contributed by atoms with van der Waals surface area (Å²) < 4.78 is 23.9. The SMILES string of the molecule is COC(CC1CCN(c2ccc(C3=C(Br)COc4cc(OCc5ccccc5)ccc43)cc2)CC1)OC. The van der Waals surface area contributed by atoms with E-state index >= 15 is 0 Å². The second kappa shape index (κ2) is 12.2. The van der Waals surface area contributed by atoms with Crippen molar-refractivity contribution in [2.75, 3.05) is 38.8 Å². The maximum Gasteiger partial charge on any atom is 0.157 e. The zero-order valence-electron chi connectivity index (χ0n) is 21.5. The highest BCUT2D eigenvalue weighted by atomic mass is 79.9. The van der Waals surface area contributed by atoms with Crippen LogP contribution >= 0.6 is 15.9 Å². The van der Waals surface area contributed by atoms with E-state index in [9.17, 15) is 0 Å². The lowest BCUT2D eigenvalue weighted by molar-refractivity contribution is -0.115. The van der Waals surface area contributed by atoms with E-state index in [-0.39, 0.29) is 6.29 Å². The van der Waals surface area contributed by atoms with E-state index < -0.39 is 0 Å². The predicted molar refractivity (Wildman–Crippen MR) is 151 cm³/mol. The summed E-state index contributed by atoms with van der Waals surface area (Å²) in [5.74, 6) is 2.29. The third-order valence-electron chi connectivity index (χ3n) is 7.28. The second-order valence-corrected chi connectivity index (χ2v) is 10.6. The molecule has 1 saturated heterocycles. The number of hydrogen-bond donors (Lipinski definition) is 0. The van der Waals surface area contributed by atoms with Crippen molar-refractivity contribution < 1.29 is 18.9 Å². The van der Waals surface area contributed by atoms with Gasteiger partial charge in [0.05, 0.1) is 0 Å². The molecule has 2 aliphatic rings. The Morgan fingerprint density at radius 1 is 0.946 bits per heavy atom. The molecule has 5 rings (SSSR count). The van der Waals surface area contributed by atoms with E-state index in [0.29, 0.717) is 19.1 Å². The number of anilines is 1. The summed E-state index contributed by atoms with van der Waals surface area (Å²) in [6.07, 6.45) is 3.17. The van der Waals surface area contributed by atoms with Crippen molar-refractivity contribution in [1.29, 1.82) is 0 Å². The summed E-state index contributed by atoms with van der Waals surface area (Å²) in [6.45, 7) is 3.14. The fourth-order valence-electron chi connectivity index (χ4n) is 5.16. The minimum absolute atomic E-state index is 0.101. The molecular formula is C31H34BrNO4. The first-order valence-electron chi connectivity index (χ1n) is 12.9. The number of benzene rings is 3. The number of methoxy groups -OCH3 is 2. The molecule has 3 aromatic rings. The van der Waals surface area contributed by atoms with Crippen LogP contribution in [-0.4, -0.2) is 40.2 Å². The fourth-order valence-corrected chi connectivity index (χ4v) is 5.71. The van der Waals surface area contributed by atoms with E-state index in [0.717, 1.165) is 59.5 Å². The molecule has 0 saturated carbocycles.